The third-order valence-corrected chi connectivity index (χ3v) is 7.88. The largest absolute Gasteiger partial charge is 0.325 e. The maximum Gasteiger partial charge on any atom is 0.243 e. The fourth-order valence-corrected chi connectivity index (χ4v) is 5.88. The van der Waals surface area contributed by atoms with Crippen LogP contribution in [-0.2, 0) is 14.8 Å². The molecule has 8 heteroatoms. The van der Waals surface area contributed by atoms with Gasteiger partial charge in [-0.1, -0.05) is 36.0 Å². The van der Waals surface area contributed by atoms with Gasteiger partial charge in [-0.2, -0.15) is 4.31 Å². The molecule has 1 saturated heterocycles. The third-order valence-electron chi connectivity index (χ3n) is 5.07. The Labute approximate surface area is 180 Å². The average Bonchev–Trinajstić information content (AvgIpc) is 3.28. The highest BCUT2D eigenvalue weighted by molar-refractivity contribution is 7.99. The highest BCUT2D eigenvalue weighted by Gasteiger charge is 2.27. The molecule has 6 nitrogen and oxygen atoms in total. The zero-order valence-corrected chi connectivity index (χ0v) is 18.3. The van der Waals surface area contributed by atoms with Crippen molar-refractivity contribution in [2.75, 3.05) is 24.2 Å². The summed E-state index contributed by atoms with van der Waals surface area (Å²) in [7, 11) is -3.51. The Morgan fingerprint density at radius 1 is 1.10 bits per heavy atom. The molecule has 156 valence electrons. The first-order valence-corrected chi connectivity index (χ1v) is 12.3. The van der Waals surface area contributed by atoms with Crippen molar-refractivity contribution in [1.29, 1.82) is 0 Å². The summed E-state index contributed by atoms with van der Waals surface area (Å²) < 4.78 is 26.9. The molecule has 0 atom stereocenters. The van der Waals surface area contributed by atoms with E-state index in [1.807, 2.05) is 37.3 Å². The summed E-state index contributed by atoms with van der Waals surface area (Å²) in [6.45, 7) is 3.13. The molecular weight excluding hydrogens is 418 g/mol. The number of amides is 1. The summed E-state index contributed by atoms with van der Waals surface area (Å²) in [6.07, 6.45) is 1.77. The molecule has 0 saturated carbocycles. The number of thioether (sulfide) groups is 1. The minimum atomic E-state index is -3.51. The van der Waals surface area contributed by atoms with Gasteiger partial charge >= 0.3 is 0 Å². The fraction of sp³-hybridized carbons (Fsp3) is 0.273. The van der Waals surface area contributed by atoms with Crippen LogP contribution in [0, 0.1) is 6.92 Å². The molecule has 1 aromatic heterocycles. The summed E-state index contributed by atoms with van der Waals surface area (Å²) in [4.78, 5) is 17.2. The van der Waals surface area contributed by atoms with E-state index in [9.17, 15) is 13.2 Å². The van der Waals surface area contributed by atoms with E-state index >= 15 is 0 Å². The molecule has 3 aromatic rings. The molecule has 1 aliphatic heterocycles. The van der Waals surface area contributed by atoms with Crippen LogP contribution in [0.3, 0.4) is 0 Å². The number of aryl methyl sites for hydroxylation is 1. The topological polar surface area (TPSA) is 79.4 Å². The van der Waals surface area contributed by atoms with Crippen LogP contribution in [-0.4, -0.2) is 42.5 Å². The Morgan fingerprint density at radius 2 is 1.87 bits per heavy atom. The fourth-order valence-electron chi connectivity index (χ4n) is 3.54. The Kier molecular flexibility index (Phi) is 6.08. The highest BCUT2D eigenvalue weighted by atomic mass is 32.2. The number of carbonyl (C=O) groups is 1. The number of pyridine rings is 1. The standard InChI is InChI=1S/C22H23N3O3S2/c1-16-13-22(24-20-10-3-2-9-19(16)20)29-15-21(26)23-17-7-6-8-18(14-17)30(27,28)25-11-4-5-12-25/h2-3,6-10,13-14H,4-5,11-12,15H2,1H3,(H,23,26). The molecule has 0 bridgehead atoms. The molecule has 1 fully saturated rings. The van der Waals surface area contributed by atoms with Crippen molar-refractivity contribution in [1.82, 2.24) is 9.29 Å². The summed E-state index contributed by atoms with van der Waals surface area (Å²) in [5.74, 6) is -0.0169. The van der Waals surface area contributed by atoms with E-state index in [1.54, 1.807) is 18.2 Å². The van der Waals surface area contributed by atoms with E-state index < -0.39 is 10.0 Å². The number of hydrogen-bond donors (Lipinski definition) is 1. The van der Waals surface area contributed by atoms with Crippen LogP contribution in [0.4, 0.5) is 5.69 Å². The number of sulfonamides is 1. The van der Waals surface area contributed by atoms with Gasteiger partial charge in [-0.25, -0.2) is 13.4 Å². The summed E-state index contributed by atoms with van der Waals surface area (Å²) >= 11 is 1.36. The number of para-hydroxylation sites is 1. The van der Waals surface area contributed by atoms with Gasteiger partial charge in [0, 0.05) is 24.2 Å². The van der Waals surface area contributed by atoms with Gasteiger partial charge in [-0.05, 0) is 55.7 Å². The minimum Gasteiger partial charge on any atom is -0.325 e. The van der Waals surface area contributed by atoms with Gasteiger partial charge in [-0.15, -0.1) is 0 Å². The number of anilines is 1. The van der Waals surface area contributed by atoms with E-state index in [0.717, 1.165) is 34.3 Å². The SMILES string of the molecule is Cc1cc(SCC(=O)Nc2cccc(S(=O)(=O)N3CCCC3)c2)nc2ccccc12. The second-order valence-corrected chi connectivity index (χ2v) is 10.2. The molecule has 4 rings (SSSR count). The van der Waals surface area contributed by atoms with Crippen LogP contribution in [0.25, 0.3) is 10.9 Å². The lowest BCUT2D eigenvalue weighted by molar-refractivity contribution is -0.113. The van der Waals surface area contributed by atoms with Crippen molar-refractivity contribution in [3.8, 4) is 0 Å². The van der Waals surface area contributed by atoms with Crippen molar-refractivity contribution in [2.24, 2.45) is 0 Å². The molecule has 0 spiro atoms. The molecule has 2 aromatic carbocycles. The Bertz CT molecular complexity index is 1190. The molecule has 1 N–H and O–H groups in total. The van der Waals surface area contributed by atoms with E-state index in [4.69, 9.17) is 0 Å². The number of nitrogens with one attached hydrogen (secondary N) is 1. The van der Waals surface area contributed by atoms with Crippen LogP contribution in [0.1, 0.15) is 18.4 Å². The van der Waals surface area contributed by atoms with Crippen LogP contribution in [0.2, 0.25) is 0 Å². The van der Waals surface area contributed by atoms with Crippen LogP contribution >= 0.6 is 11.8 Å². The lowest BCUT2D eigenvalue weighted by Crippen LogP contribution is -2.28. The van der Waals surface area contributed by atoms with Crippen molar-refractivity contribution < 1.29 is 13.2 Å². The first-order valence-electron chi connectivity index (χ1n) is 9.83. The van der Waals surface area contributed by atoms with Gasteiger partial charge < -0.3 is 5.32 Å². The second-order valence-electron chi connectivity index (χ2n) is 7.27. The van der Waals surface area contributed by atoms with Crippen LogP contribution in [0.5, 0.6) is 0 Å². The van der Waals surface area contributed by atoms with E-state index in [0.29, 0.717) is 18.8 Å². The van der Waals surface area contributed by atoms with E-state index in [1.165, 1.54) is 22.1 Å². The third kappa shape index (κ3) is 4.50. The number of aromatic nitrogens is 1. The van der Waals surface area contributed by atoms with Crippen molar-refractivity contribution in [3.63, 3.8) is 0 Å². The molecule has 1 amide bonds. The molecule has 2 heterocycles. The number of hydrogen-bond acceptors (Lipinski definition) is 5. The van der Waals surface area contributed by atoms with Gasteiger partial charge in [0.2, 0.25) is 15.9 Å². The quantitative estimate of drug-likeness (QED) is 0.584. The number of nitrogens with zero attached hydrogens (tertiary/aromatic N) is 2. The molecule has 0 radical (unpaired) electrons. The predicted octanol–water partition coefficient (Wildman–Crippen LogP) is 4.06. The van der Waals surface area contributed by atoms with E-state index in [2.05, 4.69) is 10.3 Å². The Morgan fingerprint density at radius 3 is 2.67 bits per heavy atom. The number of benzene rings is 2. The number of rotatable bonds is 6. The highest BCUT2D eigenvalue weighted by Crippen LogP contribution is 2.25. The molecule has 0 unspecified atom stereocenters. The lowest BCUT2D eigenvalue weighted by Gasteiger charge is -2.16. The Hall–Kier alpha value is -2.42. The average molecular weight is 442 g/mol. The van der Waals surface area contributed by atoms with Gasteiger partial charge in [0.25, 0.3) is 0 Å². The number of fused-ring (bicyclic) bond motifs is 1. The lowest BCUT2D eigenvalue weighted by atomic mass is 10.1. The molecule has 30 heavy (non-hydrogen) atoms. The maximum atomic E-state index is 12.7. The van der Waals surface area contributed by atoms with Crippen LogP contribution in [0.15, 0.2) is 64.5 Å². The van der Waals surface area contributed by atoms with Gasteiger partial charge in [-0.3, -0.25) is 4.79 Å². The maximum absolute atomic E-state index is 12.7. The van der Waals surface area contributed by atoms with Crippen molar-refractivity contribution in [3.05, 3.63) is 60.2 Å². The minimum absolute atomic E-state index is 0.188. The predicted molar refractivity (Wildman–Crippen MR) is 120 cm³/mol. The van der Waals surface area contributed by atoms with Crippen LogP contribution < -0.4 is 5.32 Å². The second kappa shape index (κ2) is 8.75. The molecule has 1 aliphatic rings. The smallest absolute Gasteiger partial charge is 0.243 e. The first-order chi connectivity index (χ1) is 14.4. The summed E-state index contributed by atoms with van der Waals surface area (Å²) in [5.41, 5.74) is 2.49. The zero-order valence-electron chi connectivity index (χ0n) is 16.7. The van der Waals surface area contributed by atoms with Crippen molar-refractivity contribution in [2.45, 2.75) is 29.7 Å². The van der Waals surface area contributed by atoms with Gasteiger partial charge in [0.1, 0.15) is 0 Å². The van der Waals surface area contributed by atoms with Gasteiger partial charge in [0.05, 0.1) is 21.2 Å². The monoisotopic (exact) mass is 441 g/mol. The normalized spacial score (nSPS) is 14.8. The Balaban J connectivity index is 1.42. The number of carbonyl (C=O) groups excluding carboxylic acids is 1. The summed E-state index contributed by atoms with van der Waals surface area (Å²) in [6, 6.07) is 16.3. The van der Waals surface area contributed by atoms with E-state index in [-0.39, 0.29) is 16.6 Å². The zero-order chi connectivity index (χ0) is 21.1. The molecular formula is C22H23N3O3S2. The van der Waals surface area contributed by atoms with Crippen molar-refractivity contribution >= 4 is 44.3 Å². The molecule has 0 aliphatic carbocycles. The summed E-state index contributed by atoms with van der Waals surface area (Å²) in [5, 5.41) is 4.68. The van der Waals surface area contributed by atoms with Gasteiger partial charge in [0.15, 0.2) is 0 Å². The first kappa shape index (κ1) is 20.8.